The third-order valence-electron chi connectivity index (χ3n) is 3.51. The Kier molecular flexibility index (Phi) is 7.33. The number of rotatable bonds is 9. The Morgan fingerprint density at radius 1 is 0.923 bits per heavy atom. The minimum atomic E-state index is -0.228. The minimum absolute atomic E-state index is 0.228. The van der Waals surface area contributed by atoms with E-state index in [0.29, 0.717) is 54.2 Å². The van der Waals surface area contributed by atoms with E-state index in [4.69, 9.17) is 14.2 Å². The fourth-order valence-corrected chi connectivity index (χ4v) is 2.34. The van der Waals surface area contributed by atoms with Gasteiger partial charge in [0.15, 0.2) is 11.5 Å². The van der Waals surface area contributed by atoms with Crippen LogP contribution in [0.15, 0.2) is 42.5 Å². The van der Waals surface area contributed by atoms with Crippen molar-refractivity contribution in [1.82, 2.24) is 0 Å². The largest absolute Gasteiger partial charge is 0.492 e. The number of nitrogens with one attached hydrogen (secondary N) is 1. The van der Waals surface area contributed by atoms with Gasteiger partial charge >= 0.3 is 0 Å². The van der Waals surface area contributed by atoms with Gasteiger partial charge in [0.2, 0.25) is 0 Å². The Balaban J connectivity index is 2.19. The highest BCUT2D eigenvalue weighted by atomic mass is 16.5. The number of benzene rings is 2. The molecule has 1 N–H and O–H groups in total. The molecule has 0 saturated heterocycles. The number of amides is 1. The summed E-state index contributed by atoms with van der Waals surface area (Å²) in [6, 6.07) is 12.6. The molecule has 5 heteroatoms. The maximum absolute atomic E-state index is 12.6. The molecule has 0 bridgehead atoms. The van der Waals surface area contributed by atoms with Gasteiger partial charge in [-0.05, 0) is 50.1 Å². The van der Waals surface area contributed by atoms with Crippen molar-refractivity contribution in [3.8, 4) is 17.2 Å². The summed E-state index contributed by atoms with van der Waals surface area (Å²) in [6.45, 7) is 9.59. The van der Waals surface area contributed by atoms with Gasteiger partial charge in [-0.15, -0.1) is 0 Å². The minimum Gasteiger partial charge on any atom is -0.492 e. The Labute approximate surface area is 155 Å². The van der Waals surface area contributed by atoms with Gasteiger partial charge in [-0.2, -0.15) is 0 Å². The molecule has 2 aromatic rings. The molecule has 0 aromatic heterocycles. The average molecular weight is 357 g/mol. The van der Waals surface area contributed by atoms with Crippen molar-refractivity contribution < 1.29 is 19.0 Å². The molecule has 0 spiro atoms. The molecule has 140 valence electrons. The van der Waals surface area contributed by atoms with Gasteiger partial charge in [0.05, 0.1) is 25.5 Å². The molecule has 0 atom stereocenters. The van der Waals surface area contributed by atoms with Crippen molar-refractivity contribution in [2.75, 3.05) is 25.1 Å². The third-order valence-corrected chi connectivity index (χ3v) is 3.51. The summed E-state index contributed by atoms with van der Waals surface area (Å²) < 4.78 is 17.0. The van der Waals surface area contributed by atoms with Crippen LogP contribution in [0.5, 0.6) is 17.2 Å². The topological polar surface area (TPSA) is 56.8 Å². The van der Waals surface area contributed by atoms with Crippen LogP contribution in [0, 0.1) is 5.92 Å². The molecule has 0 radical (unpaired) electrons. The number of para-hydroxylation sites is 2. The number of anilines is 1. The summed E-state index contributed by atoms with van der Waals surface area (Å²) in [5, 5.41) is 2.89. The van der Waals surface area contributed by atoms with Crippen molar-refractivity contribution in [2.24, 2.45) is 5.92 Å². The lowest BCUT2D eigenvalue weighted by Gasteiger charge is -2.15. The lowest BCUT2D eigenvalue weighted by atomic mass is 10.1. The Hall–Kier alpha value is -2.69. The Bertz CT molecular complexity index is 728. The van der Waals surface area contributed by atoms with Crippen molar-refractivity contribution in [1.29, 1.82) is 0 Å². The van der Waals surface area contributed by atoms with Gasteiger partial charge in [0.25, 0.3) is 5.91 Å². The Morgan fingerprint density at radius 3 is 2.31 bits per heavy atom. The number of carbonyl (C=O) groups is 1. The van der Waals surface area contributed by atoms with Gasteiger partial charge in [0.1, 0.15) is 5.75 Å². The van der Waals surface area contributed by atoms with Crippen LogP contribution >= 0.6 is 0 Å². The van der Waals surface area contributed by atoms with Crippen molar-refractivity contribution >= 4 is 11.6 Å². The molecular weight excluding hydrogens is 330 g/mol. The number of hydrogen-bond acceptors (Lipinski definition) is 4. The monoisotopic (exact) mass is 357 g/mol. The van der Waals surface area contributed by atoms with Crippen molar-refractivity contribution in [3.63, 3.8) is 0 Å². The van der Waals surface area contributed by atoms with E-state index in [9.17, 15) is 4.79 Å². The predicted molar refractivity (Wildman–Crippen MR) is 104 cm³/mol. The van der Waals surface area contributed by atoms with E-state index in [2.05, 4.69) is 19.2 Å². The molecule has 0 aliphatic carbocycles. The average Bonchev–Trinajstić information content (AvgIpc) is 2.62. The molecule has 2 aromatic carbocycles. The van der Waals surface area contributed by atoms with Crippen LogP contribution in [-0.2, 0) is 0 Å². The second-order valence-corrected chi connectivity index (χ2v) is 6.18. The molecule has 0 saturated carbocycles. The van der Waals surface area contributed by atoms with E-state index in [0.717, 1.165) is 0 Å². The van der Waals surface area contributed by atoms with E-state index in [1.807, 2.05) is 38.1 Å². The molecular formula is C21H27NO4. The predicted octanol–water partition coefficient (Wildman–Crippen LogP) is 4.77. The molecule has 0 aliphatic heterocycles. The fourth-order valence-electron chi connectivity index (χ4n) is 2.34. The van der Waals surface area contributed by atoms with E-state index in [-0.39, 0.29) is 5.91 Å². The maximum Gasteiger partial charge on any atom is 0.255 e. The summed E-state index contributed by atoms with van der Waals surface area (Å²) >= 11 is 0. The standard InChI is InChI=1S/C21H27NO4/c1-5-24-18-10-8-7-9-17(18)22-21(23)16-11-12-19(26-14-15(3)4)20(13-16)25-6-2/h7-13,15H,5-6,14H2,1-4H3,(H,22,23). The van der Waals surface area contributed by atoms with Crippen LogP contribution in [0.4, 0.5) is 5.69 Å². The van der Waals surface area contributed by atoms with Crippen LogP contribution in [0.2, 0.25) is 0 Å². The number of ether oxygens (including phenoxy) is 3. The van der Waals surface area contributed by atoms with Crippen LogP contribution in [0.1, 0.15) is 38.1 Å². The van der Waals surface area contributed by atoms with E-state index < -0.39 is 0 Å². The number of carbonyl (C=O) groups excluding carboxylic acids is 1. The first-order valence-electron chi connectivity index (χ1n) is 8.98. The summed E-state index contributed by atoms with van der Waals surface area (Å²) in [5.41, 5.74) is 1.13. The van der Waals surface area contributed by atoms with Crippen LogP contribution in [0.25, 0.3) is 0 Å². The van der Waals surface area contributed by atoms with E-state index in [1.165, 1.54) is 0 Å². The Morgan fingerprint density at radius 2 is 1.62 bits per heavy atom. The molecule has 0 heterocycles. The first kappa shape index (κ1) is 19.6. The molecule has 26 heavy (non-hydrogen) atoms. The van der Waals surface area contributed by atoms with Gasteiger partial charge in [-0.1, -0.05) is 26.0 Å². The van der Waals surface area contributed by atoms with Crippen LogP contribution in [-0.4, -0.2) is 25.7 Å². The summed E-state index contributed by atoms with van der Waals surface area (Å²) in [7, 11) is 0. The van der Waals surface area contributed by atoms with Gasteiger partial charge in [-0.25, -0.2) is 0 Å². The van der Waals surface area contributed by atoms with Crippen molar-refractivity contribution in [3.05, 3.63) is 48.0 Å². The zero-order valence-electron chi connectivity index (χ0n) is 15.9. The summed E-state index contributed by atoms with van der Waals surface area (Å²) in [4.78, 5) is 12.6. The molecule has 0 fully saturated rings. The fraction of sp³-hybridized carbons (Fsp3) is 0.381. The van der Waals surface area contributed by atoms with E-state index in [1.54, 1.807) is 18.2 Å². The van der Waals surface area contributed by atoms with Gasteiger partial charge in [0, 0.05) is 5.56 Å². The third kappa shape index (κ3) is 5.41. The second kappa shape index (κ2) is 9.70. The van der Waals surface area contributed by atoms with Crippen molar-refractivity contribution in [2.45, 2.75) is 27.7 Å². The molecule has 0 aliphatic rings. The second-order valence-electron chi connectivity index (χ2n) is 6.18. The van der Waals surface area contributed by atoms with Gasteiger partial charge in [-0.3, -0.25) is 4.79 Å². The van der Waals surface area contributed by atoms with Gasteiger partial charge < -0.3 is 19.5 Å². The molecule has 0 unspecified atom stereocenters. The smallest absolute Gasteiger partial charge is 0.255 e. The first-order chi connectivity index (χ1) is 12.5. The summed E-state index contributed by atoms with van der Waals surface area (Å²) in [6.07, 6.45) is 0. The SMILES string of the molecule is CCOc1ccccc1NC(=O)c1ccc(OCC(C)C)c(OCC)c1. The highest BCUT2D eigenvalue weighted by Gasteiger charge is 2.14. The maximum atomic E-state index is 12.6. The zero-order valence-corrected chi connectivity index (χ0v) is 15.9. The quantitative estimate of drug-likeness (QED) is 0.702. The highest BCUT2D eigenvalue weighted by Crippen LogP contribution is 2.30. The highest BCUT2D eigenvalue weighted by molar-refractivity contribution is 6.05. The summed E-state index contributed by atoms with van der Waals surface area (Å²) in [5.74, 6) is 2.03. The van der Waals surface area contributed by atoms with Crippen LogP contribution in [0.3, 0.4) is 0 Å². The van der Waals surface area contributed by atoms with E-state index >= 15 is 0 Å². The normalized spacial score (nSPS) is 10.5. The molecule has 1 amide bonds. The van der Waals surface area contributed by atoms with Crippen LogP contribution < -0.4 is 19.5 Å². The zero-order chi connectivity index (χ0) is 18.9. The molecule has 5 nitrogen and oxygen atoms in total. The first-order valence-corrected chi connectivity index (χ1v) is 8.98. The number of hydrogen-bond donors (Lipinski definition) is 1. The lowest BCUT2D eigenvalue weighted by Crippen LogP contribution is -2.13. The lowest BCUT2D eigenvalue weighted by molar-refractivity contribution is 0.102. The molecule has 2 rings (SSSR count).